The van der Waals surface area contributed by atoms with Crippen molar-refractivity contribution in [2.24, 2.45) is 0 Å². The summed E-state index contributed by atoms with van der Waals surface area (Å²) in [6.45, 7) is 3.06. The number of anilines is 2. The lowest BCUT2D eigenvalue weighted by atomic mass is 10.2. The Labute approximate surface area is 198 Å². The van der Waals surface area contributed by atoms with Crippen molar-refractivity contribution >= 4 is 23.3 Å². The maximum Gasteiger partial charge on any atom is 0.326 e. The smallest absolute Gasteiger partial charge is 0.326 e. The summed E-state index contributed by atoms with van der Waals surface area (Å²) >= 11 is 0. The first kappa shape index (κ1) is 24.7. The Bertz CT molecular complexity index is 1040. The van der Waals surface area contributed by atoms with E-state index in [4.69, 9.17) is 9.47 Å². The van der Waals surface area contributed by atoms with Gasteiger partial charge in [-0.15, -0.1) is 0 Å². The average molecular weight is 466 g/mol. The van der Waals surface area contributed by atoms with E-state index in [9.17, 15) is 14.0 Å². The number of carbonyl (C=O) groups is 2. The van der Waals surface area contributed by atoms with Crippen molar-refractivity contribution in [3.63, 3.8) is 0 Å². The van der Waals surface area contributed by atoms with Crippen LogP contribution in [0.1, 0.15) is 12.5 Å². The number of hydrogen-bond acceptors (Lipinski definition) is 4. The monoisotopic (exact) mass is 465 g/mol. The maximum absolute atomic E-state index is 13.4. The lowest BCUT2D eigenvalue weighted by Crippen LogP contribution is -2.41. The van der Waals surface area contributed by atoms with E-state index in [-0.39, 0.29) is 25.6 Å². The van der Waals surface area contributed by atoms with Gasteiger partial charge >= 0.3 is 6.03 Å². The minimum Gasteiger partial charge on any atom is -0.494 e. The first-order chi connectivity index (χ1) is 16.5. The third-order valence-corrected chi connectivity index (χ3v) is 4.80. The highest BCUT2D eigenvalue weighted by atomic mass is 19.1. The van der Waals surface area contributed by atoms with Crippen LogP contribution in [0, 0.1) is 5.82 Å². The number of rotatable bonds is 11. The molecule has 0 atom stereocenters. The number of carbonyl (C=O) groups excluding carboxylic acids is 2. The number of ether oxygens (including phenoxy) is 2. The van der Waals surface area contributed by atoms with Crippen LogP contribution in [0.2, 0.25) is 0 Å². The van der Waals surface area contributed by atoms with Crippen LogP contribution in [0.4, 0.5) is 20.6 Å². The zero-order valence-corrected chi connectivity index (χ0v) is 19.0. The minimum absolute atomic E-state index is 0.0934. The van der Waals surface area contributed by atoms with Gasteiger partial charge in [0.2, 0.25) is 5.91 Å². The summed E-state index contributed by atoms with van der Waals surface area (Å²) in [5.41, 5.74) is 2.06. The molecule has 0 heterocycles. The molecule has 0 radical (unpaired) electrons. The van der Waals surface area contributed by atoms with Crippen LogP contribution < -0.4 is 20.3 Å². The van der Waals surface area contributed by atoms with Crippen LogP contribution in [0.15, 0.2) is 78.9 Å². The first-order valence-corrected chi connectivity index (χ1v) is 11.0. The zero-order chi connectivity index (χ0) is 24.2. The third kappa shape index (κ3) is 7.90. The summed E-state index contributed by atoms with van der Waals surface area (Å²) in [5.74, 6) is 0.00878. The van der Waals surface area contributed by atoms with Crippen LogP contribution in [0.3, 0.4) is 0 Å². The van der Waals surface area contributed by atoms with Gasteiger partial charge < -0.3 is 20.1 Å². The SMILES string of the molecule is CCOc1ccc(NC(=O)N(CCNC(=O)COCc2ccccc2)c2ccc(F)cc2)cc1. The van der Waals surface area contributed by atoms with Crippen LogP contribution in [-0.2, 0) is 16.1 Å². The average Bonchev–Trinajstić information content (AvgIpc) is 2.85. The largest absolute Gasteiger partial charge is 0.494 e. The Balaban J connectivity index is 1.54. The molecule has 178 valence electrons. The highest BCUT2D eigenvalue weighted by Crippen LogP contribution is 2.19. The summed E-state index contributed by atoms with van der Waals surface area (Å²) in [4.78, 5) is 26.5. The molecule has 2 N–H and O–H groups in total. The molecule has 3 aromatic rings. The van der Waals surface area contributed by atoms with Crippen molar-refractivity contribution in [1.29, 1.82) is 0 Å². The summed E-state index contributed by atoms with van der Waals surface area (Å²) in [6, 6.07) is 21.7. The van der Waals surface area contributed by atoms with Gasteiger partial charge in [-0.25, -0.2) is 9.18 Å². The quantitative estimate of drug-likeness (QED) is 0.434. The second-order valence-corrected chi connectivity index (χ2v) is 7.34. The van der Waals surface area contributed by atoms with E-state index in [0.29, 0.717) is 30.3 Å². The number of benzene rings is 3. The number of hydrogen-bond donors (Lipinski definition) is 2. The number of urea groups is 1. The summed E-state index contributed by atoms with van der Waals surface area (Å²) in [7, 11) is 0. The van der Waals surface area contributed by atoms with E-state index in [1.165, 1.54) is 29.2 Å². The molecule has 8 heteroatoms. The molecular formula is C26H28FN3O4. The standard InChI is InChI=1S/C26H28FN3O4/c1-2-34-24-14-10-22(11-15-24)29-26(32)30(23-12-8-21(27)9-13-23)17-16-28-25(31)19-33-18-20-6-4-3-5-7-20/h3-15H,2,16-19H2,1H3,(H,28,31)(H,29,32). The van der Waals surface area contributed by atoms with Crippen molar-refractivity contribution in [1.82, 2.24) is 5.32 Å². The van der Waals surface area contributed by atoms with Crippen molar-refractivity contribution < 1.29 is 23.5 Å². The predicted molar refractivity (Wildman–Crippen MR) is 129 cm³/mol. The molecule has 0 aliphatic rings. The molecule has 0 aliphatic heterocycles. The predicted octanol–water partition coefficient (Wildman–Crippen LogP) is 4.60. The Kier molecular flexibility index (Phi) is 9.42. The van der Waals surface area contributed by atoms with Gasteiger partial charge in [-0.05, 0) is 61.0 Å². The van der Waals surface area contributed by atoms with E-state index in [2.05, 4.69) is 10.6 Å². The minimum atomic E-state index is -0.412. The van der Waals surface area contributed by atoms with Gasteiger partial charge in [0, 0.05) is 24.5 Å². The lowest BCUT2D eigenvalue weighted by molar-refractivity contribution is -0.126. The third-order valence-electron chi connectivity index (χ3n) is 4.80. The topological polar surface area (TPSA) is 79.9 Å². The zero-order valence-electron chi connectivity index (χ0n) is 19.0. The molecular weight excluding hydrogens is 437 g/mol. The molecule has 0 saturated heterocycles. The van der Waals surface area contributed by atoms with Crippen molar-refractivity contribution in [3.05, 3.63) is 90.2 Å². The van der Waals surface area contributed by atoms with Gasteiger partial charge in [0.15, 0.2) is 0 Å². The summed E-state index contributed by atoms with van der Waals surface area (Å²) in [5, 5.41) is 5.56. The highest BCUT2D eigenvalue weighted by Gasteiger charge is 2.16. The molecule has 3 aromatic carbocycles. The highest BCUT2D eigenvalue weighted by molar-refractivity contribution is 6.01. The number of halogens is 1. The van der Waals surface area contributed by atoms with Crippen molar-refractivity contribution in [3.8, 4) is 5.75 Å². The van der Waals surface area contributed by atoms with Gasteiger partial charge in [0.1, 0.15) is 18.2 Å². The summed E-state index contributed by atoms with van der Waals surface area (Å²) < 4.78 is 24.2. The molecule has 34 heavy (non-hydrogen) atoms. The maximum atomic E-state index is 13.4. The Morgan fingerprint density at radius 1 is 0.941 bits per heavy atom. The van der Waals surface area contributed by atoms with Gasteiger partial charge in [0.05, 0.1) is 13.2 Å². The van der Waals surface area contributed by atoms with Crippen molar-refractivity contribution in [2.45, 2.75) is 13.5 Å². The molecule has 0 spiro atoms. The fourth-order valence-electron chi connectivity index (χ4n) is 3.16. The molecule has 0 bridgehead atoms. The van der Waals surface area contributed by atoms with Crippen LogP contribution in [0.5, 0.6) is 5.75 Å². The van der Waals surface area contributed by atoms with Crippen LogP contribution in [0.25, 0.3) is 0 Å². The molecule has 0 aliphatic carbocycles. The fourth-order valence-corrected chi connectivity index (χ4v) is 3.16. The summed E-state index contributed by atoms with van der Waals surface area (Å²) in [6.07, 6.45) is 0. The van der Waals surface area contributed by atoms with Gasteiger partial charge in [0.25, 0.3) is 0 Å². The molecule has 0 fully saturated rings. The lowest BCUT2D eigenvalue weighted by Gasteiger charge is -2.23. The normalized spacial score (nSPS) is 10.4. The second kappa shape index (κ2) is 13.0. The van der Waals surface area contributed by atoms with E-state index in [0.717, 1.165) is 5.56 Å². The van der Waals surface area contributed by atoms with Gasteiger partial charge in [-0.3, -0.25) is 9.69 Å². The molecule has 0 aromatic heterocycles. The number of nitrogens with one attached hydrogen (secondary N) is 2. The van der Waals surface area contributed by atoms with E-state index >= 15 is 0 Å². The van der Waals surface area contributed by atoms with Crippen molar-refractivity contribution in [2.75, 3.05) is 36.5 Å². The number of nitrogens with zero attached hydrogens (tertiary/aromatic N) is 1. The molecule has 0 unspecified atom stereocenters. The van der Waals surface area contributed by atoms with E-state index in [1.807, 2.05) is 37.3 Å². The number of amides is 3. The Morgan fingerprint density at radius 2 is 1.65 bits per heavy atom. The Hall–Kier alpha value is -3.91. The second-order valence-electron chi connectivity index (χ2n) is 7.34. The Morgan fingerprint density at radius 3 is 2.32 bits per heavy atom. The fraction of sp³-hybridized carbons (Fsp3) is 0.231. The molecule has 7 nitrogen and oxygen atoms in total. The first-order valence-electron chi connectivity index (χ1n) is 11.0. The molecule has 3 rings (SSSR count). The van der Waals surface area contributed by atoms with Gasteiger partial charge in [-0.2, -0.15) is 0 Å². The molecule has 0 saturated carbocycles. The van der Waals surface area contributed by atoms with E-state index < -0.39 is 11.8 Å². The molecule has 3 amide bonds. The van der Waals surface area contributed by atoms with Crippen LogP contribution in [-0.4, -0.2) is 38.2 Å². The van der Waals surface area contributed by atoms with E-state index in [1.54, 1.807) is 24.3 Å². The van der Waals surface area contributed by atoms with Gasteiger partial charge in [-0.1, -0.05) is 30.3 Å². The van der Waals surface area contributed by atoms with Crippen LogP contribution >= 0.6 is 0 Å².